The van der Waals surface area contributed by atoms with Gasteiger partial charge in [0.2, 0.25) is 5.91 Å². The molecule has 0 radical (unpaired) electrons. The molecule has 116 valence electrons. The van der Waals surface area contributed by atoms with Crippen LogP contribution in [0.2, 0.25) is 0 Å². The third-order valence-corrected chi connectivity index (χ3v) is 7.68. The Labute approximate surface area is 132 Å². The Bertz CT molecular complexity index is 460. The molecular formula is C18H27NOS. The first kappa shape index (κ1) is 14.2. The van der Waals surface area contributed by atoms with E-state index >= 15 is 0 Å². The Hall–Kier alpha value is -0.440. The van der Waals surface area contributed by atoms with Gasteiger partial charge in [-0.3, -0.25) is 4.79 Å². The summed E-state index contributed by atoms with van der Waals surface area (Å²) in [6.07, 6.45) is 9.01. The molecule has 3 heteroatoms. The fraction of sp³-hybridized carbons (Fsp3) is 0.833. The van der Waals surface area contributed by atoms with Crippen LogP contribution in [-0.4, -0.2) is 30.2 Å². The summed E-state index contributed by atoms with van der Waals surface area (Å²) in [7, 11) is 2.04. The average molecular weight is 305 g/mol. The number of rotatable bonds is 3. The maximum atomic E-state index is 13.2. The van der Waals surface area contributed by atoms with Gasteiger partial charge in [0.25, 0.3) is 0 Å². The van der Waals surface area contributed by atoms with Gasteiger partial charge in [-0.05, 0) is 69.6 Å². The molecule has 0 aromatic carbocycles. The van der Waals surface area contributed by atoms with Crippen molar-refractivity contribution in [2.75, 3.05) is 19.3 Å². The summed E-state index contributed by atoms with van der Waals surface area (Å²) < 4.78 is 0. The fourth-order valence-electron chi connectivity index (χ4n) is 5.84. The Morgan fingerprint density at radius 1 is 1.19 bits per heavy atom. The zero-order valence-corrected chi connectivity index (χ0v) is 14.2. The highest BCUT2D eigenvalue weighted by molar-refractivity contribution is 8.03. The highest BCUT2D eigenvalue weighted by Crippen LogP contribution is 2.60. The van der Waals surface area contributed by atoms with Crippen LogP contribution in [0.5, 0.6) is 0 Å². The van der Waals surface area contributed by atoms with Gasteiger partial charge in [0.15, 0.2) is 0 Å². The maximum Gasteiger partial charge on any atom is 0.228 e. The quantitative estimate of drug-likeness (QED) is 0.783. The molecule has 4 saturated carbocycles. The van der Waals surface area contributed by atoms with Crippen molar-refractivity contribution in [2.45, 2.75) is 51.9 Å². The molecule has 1 heterocycles. The molecular weight excluding hydrogens is 278 g/mol. The molecule has 5 rings (SSSR count). The minimum absolute atomic E-state index is 0.0290. The van der Waals surface area contributed by atoms with E-state index in [2.05, 4.69) is 11.8 Å². The van der Waals surface area contributed by atoms with Crippen LogP contribution in [-0.2, 0) is 4.79 Å². The topological polar surface area (TPSA) is 20.3 Å². The van der Waals surface area contributed by atoms with E-state index in [0.29, 0.717) is 5.91 Å². The van der Waals surface area contributed by atoms with E-state index in [1.165, 1.54) is 61.2 Å². The lowest BCUT2D eigenvalue weighted by Crippen LogP contribution is -2.54. The molecule has 21 heavy (non-hydrogen) atoms. The number of nitrogens with zero attached hydrogens (tertiary/aromatic N) is 1. The van der Waals surface area contributed by atoms with E-state index < -0.39 is 0 Å². The van der Waals surface area contributed by atoms with Gasteiger partial charge in [-0.25, -0.2) is 0 Å². The third-order valence-electron chi connectivity index (χ3n) is 6.45. The Morgan fingerprint density at radius 2 is 1.76 bits per heavy atom. The van der Waals surface area contributed by atoms with Gasteiger partial charge in [0, 0.05) is 17.7 Å². The molecule has 0 atom stereocenters. The van der Waals surface area contributed by atoms with Crippen LogP contribution in [0.3, 0.4) is 0 Å². The van der Waals surface area contributed by atoms with E-state index in [9.17, 15) is 4.79 Å². The predicted octanol–water partition coefficient (Wildman–Crippen LogP) is 4.07. The van der Waals surface area contributed by atoms with E-state index in [0.717, 1.165) is 24.3 Å². The predicted molar refractivity (Wildman–Crippen MR) is 88.0 cm³/mol. The van der Waals surface area contributed by atoms with Gasteiger partial charge < -0.3 is 4.90 Å². The molecule has 0 aromatic rings. The molecule has 1 amide bonds. The smallest absolute Gasteiger partial charge is 0.228 e. The van der Waals surface area contributed by atoms with Crippen molar-refractivity contribution in [1.82, 2.24) is 4.90 Å². The lowest BCUT2D eigenvalue weighted by molar-refractivity contribution is -0.155. The number of carbonyl (C=O) groups is 1. The minimum atomic E-state index is 0.0290. The Kier molecular flexibility index (Phi) is 3.40. The van der Waals surface area contributed by atoms with Gasteiger partial charge in [0.05, 0.1) is 12.0 Å². The van der Waals surface area contributed by atoms with Crippen LogP contribution in [0.25, 0.3) is 0 Å². The number of thioether (sulfide) groups is 1. The summed E-state index contributed by atoms with van der Waals surface area (Å²) in [4.78, 5) is 16.7. The van der Waals surface area contributed by atoms with Crippen molar-refractivity contribution in [1.29, 1.82) is 0 Å². The third kappa shape index (κ3) is 2.36. The molecule has 4 fully saturated rings. The van der Waals surface area contributed by atoms with Gasteiger partial charge in [-0.1, -0.05) is 5.57 Å². The number of hydrogen-bond donors (Lipinski definition) is 0. The molecule has 0 aromatic heterocycles. The number of allylic oxidation sites excluding steroid dienone is 1. The monoisotopic (exact) mass is 305 g/mol. The molecule has 0 N–H and O–H groups in total. The first-order chi connectivity index (χ1) is 10.1. The summed E-state index contributed by atoms with van der Waals surface area (Å²) >= 11 is 1.96. The molecule has 5 aliphatic rings. The van der Waals surface area contributed by atoms with Crippen molar-refractivity contribution in [2.24, 2.45) is 23.2 Å². The molecule has 0 spiro atoms. The van der Waals surface area contributed by atoms with Crippen LogP contribution in [0.15, 0.2) is 10.5 Å². The molecule has 1 aliphatic heterocycles. The van der Waals surface area contributed by atoms with E-state index in [1.807, 2.05) is 18.8 Å². The fourth-order valence-corrected chi connectivity index (χ4v) is 7.12. The highest BCUT2D eigenvalue weighted by atomic mass is 32.2. The second kappa shape index (κ2) is 5.04. The lowest BCUT2D eigenvalue weighted by Gasteiger charge is -2.56. The standard InChI is InChI=1S/C18H27NOS/c1-12-3-4-21-16(12)11-19(2)17(20)18-8-13-5-14(9-18)7-15(6-13)10-18/h13-15H,3-11H2,1-2H3. The largest absolute Gasteiger partial charge is 0.340 e. The van der Waals surface area contributed by atoms with Crippen molar-refractivity contribution < 1.29 is 4.79 Å². The van der Waals surface area contributed by atoms with Crippen molar-refractivity contribution in [3.8, 4) is 0 Å². The first-order valence-corrected chi connectivity index (χ1v) is 9.61. The summed E-state index contributed by atoms with van der Waals surface area (Å²) in [5.74, 6) is 4.25. The van der Waals surface area contributed by atoms with Crippen LogP contribution < -0.4 is 0 Å². The second-order valence-corrected chi connectivity index (χ2v) is 9.35. The van der Waals surface area contributed by atoms with Crippen LogP contribution in [0.4, 0.5) is 0 Å². The summed E-state index contributed by atoms with van der Waals surface area (Å²) in [5.41, 5.74) is 1.53. The van der Waals surface area contributed by atoms with Crippen molar-refractivity contribution in [3.05, 3.63) is 10.5 Å². The number of amides is 1. The van der Waals surface area contributed by atoms with Crippen LogP contribution in [0.1, 0.15) is 51.9 Å². The zero-order chi connectivity index (χ0) is 14.6. The maximum absolute atomic E-state index is 13.2. The van der Waals surface area contributed by atoms with Gasteiger partial charge >= 0.3 is 0 Å². The van der Waals surface area contributed by atoms with E-state index in [4.69, 9.17) is 0 Å². The van der Waals surface area contributed by atoms with Gasteiger partial charge in [-0.2, -0.15) is 0 Å². The van der Waals surface area contributed by atoms with Crippen LogP contribution >= 0.6 is 11.8 Å². The molecule has 0 saturated heterocycles. The number of carbonyl (C=O) groups excluding carboxylic acids is 1. The van der Waals surface area contributed by atoms with Gasteiger partial charge in [-0.15, -0.1) is 11.8 Å². The minimum Gasteiger partial charge on any atom is -0.340 e. The second-order valence-electron chi connectivity index (χ2n) is 8.16. The SMILES string of the molecule is CC1=C(CN(C)C(=O)C23CC4CC(CC(C4)C2)C3)SCC1. The average Bonchev–Trinajstić information content (AvgIpc) is 2.82. The molecule has 4 aliphatic carbocycles. The Morgan fingerprint density at radius 3 is 2.24 bits per heavy atom. The van der Waals surface area contributed by atoms with Crippen LogP contribution in [0, 0.1) is 23.2 Å². The van der Waals surface area contributed by atoms with Crippen molar-refractivity contribution >= 4 is 17.7 Å². The van der Waals surface area contributed by atoms with E-state index in [-0.39, 0.29) is 5.41 Å². The highest BCUT2D eigenvalue weighted by Gasteiger charge is 2.55. The Balaban J connectivity index is 1.50. The first-order valence-electron chi connectivity index (χ1n) is 8.63. The van der Waals surface area contributed by atoms with Crippen molar-refractivity contribution in [3.63, 3.8) is 0 Å². The molecule has 2 nitrogen and oxygen atoms in total. The number of likely N-dealkylation sites (N-methyl/N-ethyl adjacent to an activating group) is 1. The lowest BCUT2D eigenvalue weighted by atomic mass is 9.49. The molecule has 4 bridgehead atoms. The molecule has 0 unspecified atom stereocenters. The van der Waals surface area contributed by atoms with E-state index in [1.54, 1.807) is 0 Å². The zero-order valence-electron chi connectivity index (χ0n) is 13.4. The number of hydrogen-bond acceptors (Lipinski definition) is 2. The normalized spacial score (nSPS) is 41.0. The summed E-state index contributed by atoms with van der Waals surface area (Å²) in [6.45, 7) is 3.09. The summed E-state index contributed by atoms with van der Waals surface area (Å²) in [6, 6.07) is 0. The summed E-state index contributed by atoms with van der Waals surface area (Å²) in [5, 5.41) is 0. The van der Waals surface area contributed by atoms with Gasteiger partial charge in [0.1, 0.15) is 0 Å².